The number of carboxylic acid groups (broad SMARTS) is 1. The van der Waals surface area contributed by atoms with Crippen molar-refractivity contribution in [1.29, 1.82) is 0 Å². The Labute approximate surface area is 214 Å². The monoisotopic (exact) mass is 540 g/mol. The zero-order valence-electron chi connectivity index (χ0n) is 17.8. The van der Waals surface area contributed by atoms with E-state index in [0.717, 1.165) is 16.8 Å². The number of carboxylic acids is 1. The molecule has 2 N–H and O–H groups in total. The number of aliphatic carboxylic acids is 1. The Bertz CT molecular complexity index is 1200. The Hall–Kier alpha value is -2.79. The molecule has 1 fully saturated rings. The number of benzene rings is 2. The molecule has 2 aromatic carbocycles. The van der Waals surface area contributed by atoms with Gasteiger partial charge in [0, 0.05) is 5.02 Å². The molecule has 2 aromatic rings. The Morgan fingerprint density at radius 3 is 2.59 bits per heavy atom. The lowest BCUT2D eigenvalue weighted by Crippen LogP contribution is -2.44. The van der Waals surface area contributed by atoms with E-state index in [1.165, 1.54) is 25.3 Å². The summed E-state index contributed by atoms with van der Waals surface area (Å²) in [7, 11) is 1.42. The second-order valence-electron chi connectivity index (χ2n) is 6.85. The first kappa shape index (κ1) is 25.8. The lowest BCUT2D eigenvalue weighted by atomic mass is 10.1. The van der Waals surface area contributed by atoms with Crippen LogP contribution in [0.1, 0.15) is 29.3 Å². The standard InChI is InChI=1S/C22H18Cl2N2O6S2/c1-3-15(21(29)30)32-16-7-4-11(8-17(16)31-2)9-18-20(28)26(22(33)34-18)25-19(27)13-6-5-12(23)10-14(13)24/h4-10,15H,3H2,1-2H3,(H,25,27)(H,29,30)/b18-9+. The van der Waals surface area contributed by atoms with Crippen LogP contribution >= 0.6 is 47.2 Å². The fourth-order valence-electron chi connectivity index (χ4n) is 2.88. The number of ether oxygens (including phenoxy) is 2. The third kappa shape index (κ3) is 5.82. The maximum absolute atomic E-state index is 12.9. The molecule has 1 aliphatic rings. The van der Waals surface area contributed by atoms with Gasteiger partial charge in [0.15, 0.2) is 21.9 Å². The Morgan fingerprint density at radius 2 is 1.97 bits per heavy atom. The van der Waals surface area contributed by atoms with Crippen LogP contribution in [-0.2, 0) is 9.59 Å². The van der Waals surface area contributed by atoms with E-state index in [9.17, 15) is 19.5 Å². The van der Waals surface area contributed by atoms with Gasteiger partial charge in [-0.3, -0.25) is 15.0 Å². The second kappa shape index (κ2) is 11.1. The van der Waals surface area contributed by atoms with E-state index in [0.29, 0.717) is 16.3 Å². The summed E-state index contributed by atoms with van der Waals surface area (Å²) in [6.45, 7) is 1.70. The maximum atomic E-state index is 12.9. The highest BCUT2D eigenvalue weighted by Gasteiger charge is 2.34. The number of hydrogen-bond donors (Lipinski definition) is 2. The zero-order chi connectivity index (χ0) is 25.0. The van der Waals surface area contributed by atoms with Gasteiger partial charge in [-0.1, -0.05) is 48.0 Å². The van der Waals surface area contributed by atoms with Crippen molar-refractivity contribution in [2.75, 3.05) is 7.11 Å². The number of amides is 2. The van der Waals surface area contributed by atoms with Crippen molar-refractivity contribution in [2.45, 2.75) is 19.4 Å². The van der Waals surface area contributed by atoms with Crippen LogP contribution in [0.4, 0.5) is 0 Å². The number of hydrogen-bond acceptors (Lipinski definition) is 7. The highest BCUT2D eigenvalue weighted by atomic mass is 35.5. The van der Waals surface area contributed by atoms with Crippen LogP contribution < -0.4 is 14.9 Å². The van der Waals surface area contributed by atoms with Crippen LogP contribution in [0, 0.1) is 0 Å². The van der Waals surface area contributed by atoms with Gasteiger partial charge in [-0.05, 0) is 60.6 Å². The Kier molecular flexibility index (Phi) is 8.42. The quantitative estimate of drug-likeness (QED) is 0.363. The highest BCUT2D eigenvalue weighted by Crippen LogP contribution is 2.35. The van der Waals surface area contributed by atoms with Crippen molar-refractivity contribution in [2.24, 2.45) is 0 Å². The number of carbonyl (C=O) groups excluding carboxylic acids is 2. The molecule has 3 rings (SSSR count). The van der Waals surface area contributed by atoms with Gasteiger partial charge < -0.3 is 14.6 Å². The van der Waals surface area contributed by atoms with Crippen LogP contribution in [0.2, 0.25) is 10.0 Å². The average molecular weight is 541 g/mol. The summed E-state index contributed by atoms with van der Waals surface area (Å²) in [4.78, 5) is 37.0. The average Bonchev–Trinajstić information content (AvgIpc) is 3.04. The number of thiocarbonyl (C=S) groups is 1. The Morgan fingerprint density at radius 1 is 1.24 bits per heavy atom. The third-order valence-electron chi connectivity index (χ3n) is 4.58. The Balaban J connectivity index is 1.79. The molecule has 34 heavy (non-hydrogen) atoms. The molecule has 0 radical (unpaired) electrons. The lowest BCUT2D eigenvalue weighted by Gasteiger charge is -2.16. The summed E-state index contributed by atoms with van der Waals surface area (Å²) in [5.41, 5.74) is 3.17. The highest BCUT2D eigenvalue weighted by molar-refractivity contribution is 8.26. The van der Waals surface area contributed by atoms with Crippen molar-refractivity contribution >= 4 is 75.4 Å². The zero-order valence-corrected chi connectivity index (χ0v) is 21.0. The van der Waals surface area contributed by atoms with Crippen molar-refractivity contribution in [1.82, 2.24) is 10.4 Å². The maximum Gasteiger partial charge on any atom is 0.344 e. The SMILES string of the molecule is CCC(Oc1ccc(/C=C2/SC(=S)N(NC(=O)c3ccc(Cl)cc3Cl)C2=O)cc1OC)C(=O)O. The third-order valence-corrected chi connectivity index (χ3v) is 6.43. The van der Waals surface area contributed by atoms with Gasteiger partial charge in [-0.2, -0.15) is 5.01 Å². The predicted molar refractivity (Wildman–Crippen MR) is 134 cm³/mol. The van der Waals surface area contributed by atoms with Crippen molar-refractivity contribution in [3.8, 4) is 11.5 Å². The first-order valence-corrected chi connectivity index (χ1v) is 11.7. The minimum absolute atomic E-state index is 0.133. The smallest absolute Gasteiger partial charge is 0.344 e. The molecule has 8 nitrogen and oxygen atoms in total. The molecule has 1 saturated heterocycles. The molecule has 0 aromatic heterocycles. The minimum Gasteiger partial charge on any atom is -0.493 e. The van der Waals surface area contributed by atoms with E-state index in [1.54, 1.807) is 31.2 Å². The number of hydrazine groups is 1. The van der Waals surface area contributed by atoms with E-state index < -0.39 is 23.9 Å². The lowest BCUT2D eigenvalue weighted by molar-refractivity contribution is -0.145. The molecule has 0 spiro atoms. The molecular formula is C22H18Cl2N2O6S2. The number of halogens is 2. The van der Waals surface area contributed by atoms with Gasteiger partial charge in [0.2, 0.25) is 0 Å². The van der Waals surface area contributed by atoms with Crippen molar-refractivity contribution in [3.05, 3.63) is 62.5 Å². The molecule has 1 heterocycles. The topological polar surface area (TPSA) is 105 Å². The fraction of sp³-hybridized carbons (Fsp3) is 0.182. The van der Waals surface area contributed by atoms with Crippen LogP contribution in [-0.4, -0.2) is 45.4 Å². The predicted octanol–water partition coefficient (Wildman–Crippen LogP) is 4.79. The van der Waals surface area contributed by atoms with Crippen molar-refractivity contribution in [3.63, 3.8) is 0 Å². The summed E-state index contributed by atoms with van der Waals surface area (Å²) >= 11 is 18.2. The normalized spacial score (nSPS) is 15.4. The van der Waals surface area contributed by atoms with Gasteiger partial charge in [-0.15, -0.1) is 0 Å². The molecule has 178 valence electrons. The molecule has 0 bridgehead atoms. The summed E-state index contributed by atoms with van der Waals surface area (Å²) < 4.78 is 11.0. The summed E-state index contributed by atoms with van der Waals surface area (Å²) in [5.74, 6) is -1.67. The molecule has 0 aliphatic carbocycles. The largest absolute Gasteiger partial charge is 0.493 e. The van der Waals surface area contributed by atoms with Crippen molar-refractivity contribution < 1.29 is 29.0 Å². The molecule has 12 heteroatoms. The first-order valence-electron chi connectivity index (χ1n) is 9.76. The number of nitrogens with zero attached hydrogens (tertiary/aromatic N) is 1. The van der Waals surface area contributed by atoms with Crippen LogP contribution in [0.15, 0.2) is 41.3 Å². The van der Waals surface area contributed by atoms with E-state index in [-0.39, 0.29) is 32.0 Å². The van der Waals surface area contributed by atoms with Gasteiger partial charge in [-0.25, -0.2) is 4.79 Å². The van der Waals surface area contributed by atoms with Gasteiger partial charge in [0.25, 0.3) is 11.8 Å². The van der Waals surface area contributed by atoms with Gasteiger partial charge in [0.05, 0.1) is 22.6 Å². The van der Waals surface area contributed by atoms with E-state index in [1.807, 2.05) is 0 Å². The molecule has 1 unspecified atom stereocenters. The van der Waals surface area contributed by atoms with E-state index >= 15 is 0 Å². The van der Waals surface area contributed by atoms with Crippen LogP contribution in [0.25, 0.3) is 6.08 Å². The molecule has 0 saturated carbocycles. The number of carbonyl (C=O) groups is 3. The van der Waals surface area contributed by atoms with Crippen LogP contribution in [0.3, 0.4) is 0 Å². The molecule has 1 atom stereocenters. The summed E-state index contributed by atoms with van der Waals surface area (Å²) in [6.07, 6.45) is 0.825. The summed E-state index contributed by atoms with van der Waals surface area (Å²) in [6, 6.07) is 9.17. The molecule has 2 amide bonds. The number of rotatable bonds is 8. The number of thioether (sulfide) groups is 1. The van der Waals surface area contributed by atoms with Gasteiger partial charge >= 0.3 is 5.97 Å². The summed E-state index contributed by atoms with van der Waals surface area (Å²) in [5, 5.41) is 10.7. The number of nitrogens with one attached hydrogen (secondary N) is 1. The van der Waals surface area contributed by atoms with Gasteiger partial charge in [0.1, 0.15) is 0 Å². The minimum atomic E-state index is -1.08. The van der Waals surface area contributed by atoms with E-state index in [4.69, 9.17) is 44.9 Å². The number of methoxy groups -OCH3 is 1. The second-order valence-corrected chi connectivity index (χ2v) is 9.36. The molecule has 1 aliphatic heterocycles. The van der Waals surface area contributed by atoms with Crippen LogP contribution in [0.5, 0.6) is 11.5 Å². The first-order chi connectivity index (χ1) is 16.1. The molecular weight excluding hydrogens is 523 g/mol. The van der Waals surface area contributed by atoms with E-state index in [2.05, 4.69) is 5.43 Å². The fourth-order valence-corrected chi connectivity index (χ4v) is 4.56.